The third-order valence-electron chi connectivity index (χ3n) is 4.58. The second-order valence-corrected chi connectivity index (χ2v) is 7.95. The second-order valence-electron chi connectivity index (χ2n) is 6.60. The molecule has 2 aromatic carbocycles. The molecule has 1 heterocycles. The molecular weight excluding hydrogens is 428 g/mol. The molecule has 0 aliphatic rings. The van der Waals surface area contributed by atoms with Gasteiger partial charge in [-0.3, -0.25) is 24.3 Å². The number of hydrogen-bond acceptors (Lipinski definition) is 6. The molecule has 0 bridgehead atoms. The second kappa shape index (κ2) is 9.27. The molecule has 30 heavy (non-hydrogen) atoms. The van der Waals surface area contributed by atoms with Crippen molar-refractivity contribution in [2.75, 3.05) is 11.1 Å². The molecular formula is C20H19ClN4O4S. The van der Waals surface area contributed by atoms with Gasteiger partial charge in [0, 0.05) is 18.2 Å². The topological polar surface area (TPSA) is 107 Å². The molecule has 156 valence electrons. The summed E-state index contributed by atoms with van der Waals surface area (Å²) in [5.41, 5.74) is 0.545. The van der Waals surface area contributed by atoms with Gasteiger partial charge in [-0.25, -0.2) is 4.98 Å². The molecule has 0 aliphatic heterocycles. The number of hydrogen-bond donors (Lipinski definition) is 1. The number of aromatic nitrogens is 2. The average Bonchev–Trinajstić information content (AvgIpc) is 2.73. The molecule has 3 rings (SSSR count). The first kappa shape index (κ1) is 21.8. The SMILES string of the molecule is CCC(C)n1c(SCC(=O)Nc2ccc([N+](=O)[O-])cc2Cl)nc2ccccc2c1=O. The van der Waals surface area contributed by atoms with Crippen molar-refractivity contribution in [2.45, 2.75) is 31.5 Å². The molecule has 1 atom stereocenters. The summed E-state index contributed by atoms with van der Waals surface area (Å²) in [6, 6.07) is 10.8. The van der Waals surface area contributed by atoms with Crippen LogP contribution in [0.3, 0.4) is 0 Å². The number of benzene rings is 2. The van der Waals surface area contributed by atoms with Crippen LogP contribution in [0.25, 0.3) is 10.9 Å². The Bertz CT molecular complexity index is 1180. The minimum atomic E-state index is -0.563. The van der Waals surface area contributed by atoms with Gasteiger partial charge < -0.3 is 5.32 Å². The number of carbonyl (C=O) groups excluding carboxylic acids is 1. The van der Waals surface area contributed by atoms with Crippen LogP contribution < -0.4 is 10.9 Å². The highest BCUT2D eigenvalue weighted by Gasteiger charge is 2.17. The normalized spacial score (nSPS) is 12.0. The van der Waals surface area contributed by atoms with Gasteiger partial charge in [0.25, 0.3) is 11.2 Å². The van der Waals surface area contributed by atoms with Crippen molar-refractivity contribution in [1.29, 1.82) is 0 Å². The number of nitrogens with zero attached hydrogens (tertiary/aromatic N) is 3. The van der Waals surface area contributed by atoms with Gasteiger partial charge in [0.2, 0.25) is 5.91 Å². The number of para-hydroxylation sites is 1. The summed E-state index contributed by atoms with van der Waals surface area (Å²) < 4.78 is 1.61. The van der Waals surface area contributed by atoms with Crippen LogP contribution in [0.2, 0.25) is 5.02 Å². The maximum absolute atomic E-state index is 13.0. The van der Waals surface area contributed by atoms with Gasteiger partial charge in [0.1, 0.15) is 0 Å². The fraction of sp³-hybridized carbons (Fsp3) is 0.250. The van der Waals surface area contributed by atoms with Crippen molar-refractivity contribution in [3.63, 3.8) is 0 Å². The molecule has 8 nitrogen and oxygen atoms in total. The molecule has 0 saturated carbocycles. The highest BCUT2D eigenvalue weighted by atomic mass is 35.5. The number of nitro groups is 1. The van der Waals surface area contributed by atoms with Crippen LogP contribution in [0.15, 0.2) is 52.4 Å². The molecule has 0 radical (unpaired) electrons. The third-order valence-corrected chi connectivity index (χ3v) is 5.84. The number of rotatable bonds is 7. The summed E-state index contributed by atoms with van der Waals surface area (Å²) in [5.74, 6) is -0.372. The zero-order chi connectivity index (χ0) is 21.8. The maximum Gasteiger partial charge on any atom is 0.271 e. The predicted molar refractivity (Wildman–Crippen MR) is 118 cm³/mol. The standard InChI is InChI=1S/C20H19ClN4O4S/c1-3-12(2)24-19(27)14-6-4-5-7-16(14)23-20(24)30-11-18(26)22-17-9-8-13(25(28)29)10-15(17)21/h4-10,12H,3,11H2,1-2H3,(H,22,26). The van der Waals surface area contributed by atoms with E-state index in [1.165, 1.54) is 18.2 Å². The van der Waals surface area contributed by atoms with Gasteiger partial charge in [-0.05, 0) is 31.5 Å². The van der Waals surface area contributed by atoms with E-state index in [1.54, 1.807) is 28.8 Å². The highest BCUT2D eigenvalue weighted by molar-refractivity contribution is 7.99. The van der Waals surface area contributed by atoms with E-state index in [0.717, 1.165) is 18.2 Å². The number of non-ortho nitro benzene ring substituents is 1. The number of amides is 1. The largest absolute Gasteiger partial charge is 0.324 e. The molecule has 0 fully saturated rings. The third kappa shape index (κ3) is 4.63. The zero-order valence-electron chi connectivity index (χ0n) is 16.3. The minimum Gasteiger partial charge on any atom is -0.324 e. The van der Waals surface area contributed by atoms with Gasteiger partial charge in [-0.2, -0.15) is 0 Å². The predicted octanol–water partition coefficient (Wildman–Crippen LogP) is 4.66. The van der Waals surface area contributed by atoms with E-state index in [9.17, 15) is 19.7 Å². The van der Waals surface area contributed by atoms with Crippen molar-refractivity contribution < 1.29 is 9.72 Å². The number of nitro benzene ring substituents is 1. The van der Waals surface area contributed by atoms with Crippen molar-refractivity contribution >= 4 is 51.5 Å². The van der Waals surface area contributed by atoms with Gasteiger partial charge >= 0.3 is 0 Å². The van der Waals surface area contributed by atoms with Crippen LogP contribution in [-0.2, 0) is 4.79 Å². The molecule has 1 unspecified atom stereocenters. The average molecular weight is 447 g/mol. The fourth-order valence-electron chi connectivity index (χ4n) is 2.83. The van der Waals surface area contributed by atoms with Crippen molar-refractivity contribution in [3.05, 3.63) is 68.0 Å². The van der Waals surface area contributed by atoms with Gasteiger partial charge in [0.15, 0.2) is 5.16 Å². The maximum atomic E-state index is 13.0. The highest BCUT2D eigenvalue weighted by Crippen LogP contribution is 2.27. The quantitative estimate of drug-likeness (QED) is 0.245. The van der Waals surface area contributed by atoms with Crippen molar-refractivity contribution in [1.82, 2.24) is 9.55 Å². The number of anilines is 1. The lowest BCUT2D eigenvalue weighted by Gasteiger charge is -2.18. The molecule has 0 spiro atoms. The van der Waals surface area contributed by atoms with E-state index in [1.807, 2.05) is 13.8 Å². The number of nitrogens with one attached hydrogen (secondary N) is 1. The minimum absolute atomic E-state index is 0.00543. The van der Waals surface area contributed by atoms with E-state index in [0.29, 0.717) is 16.1 Å². The molecule has 0 aliphatic carbocycles. The Labute approximate surface area is 181 Å². The molecule has 1 amide bonds. The van der Waals surface area contributed by atoms with Gasteiger partial charge in [-0.1, -0.05) is 42.4 Å². The van der Waals surface area contributed by atoms with E-state index >= 15 is 0 Å². The lowest BCUT2D eigenvalue weighted by atomic mass is 10.2. The Morgan fingerprint density at radius 1 is 1.33 bits per heavy atom. The lowest BCUT2D eigenvalue weighted by Crippen LogP contribution is -2.26. The first-order valence-electron chi connectivity index (χ1n) is 9.19. The number of fused-ring (bicyclic) bond motifs is 1. The summed E-state index contributed by atoms with van der Waals surface area (Å²) in [6.07, 6.45) is 0.734. The summed E-state index contributed by atoms with van der Waals surface area (Å²) >= 11 is 7.17. The van der Waals surface area contributed by atoms with Gasteiger partial charge in [0.05, 0.1) is 32.3 Å². The Hall–Kier alpha value is -2.91. The summed E-state index contributed by atoms with van der Waals surface area (Å²) in [4.78, 5) is 40.2. The zero-order valence-corrected chi connectivity index (χ0v) is 17.9. The van der Waals surface area contributed by atoms with E-state index in [4.69, 9.17) is 11.6 Å². The van der Waals surface area contributed by atoms with Crippen molar-refractivity contribution in [2.24, 2.45) is 0 Å². The first-order chi connectivity index (χ1) is 14.3. The smallest absolute Gasteiger partial charge is 0.271 e. The van der Waals surface area contributed by atoms with Crippen LogP contribution in [0, 0.1) is 10.1 Å². The Morgan fingerprint density at radius 2 is 2.07 bits per heavy atom. The Balaban J connectivity index is 1.82. The van der Waals surface area contributed by atoms with Crippen LogP contribution in [0.1, 0.15) is 26.3 Å². The Kier molecular flexibility index (Phi) is 6.73. The lowest BCUT2D eigenvalue weighted by molar-refractivity contribution is -0.384. The number of halogens is 1. The number of carbonyl (C=O) groups is 1. The molecule has 0 saturated heterocycles. The monoisotopic (exact) mass is 446 g/mol. The van der Waals surface area contributed by atoms with Crippen LogP contribution in [-0.4, -0.2) is 26.1 Å². The summed E-state index contributed by atoms with van der Waals surface area (Å²) in [6.45, 7) is 3.91. The fourth-order valence-corrected chi connectivity index (χ4v) is 3.95. The summed E-state index contributed by atoms with van der Waals surface area (Å²) in [7, 11) is 0. The van der Waals surface area contributed by atoms with E-state index < -0.39 is 4.92 Å². The Morgan fingerprint density at radius 3 is 2.73 bits per heavy atom. The first-order valence-corrected chi connectivity index (χ1v) is 10.6. The number of thioether (sulfide) groups is 1. The molecule has 1 aromatic heterocycles. The molecule has 3 aromatic rings. The van der Waals surface area contributed by atoms with Crippen molar-refractivity contribution in [3.8, 4) is 0 Å². The van der Waals surface area contributed by atoms with Crippen LogP contribution in [0.4, 0.5) is 11.4 Å². The van der Waals surface area contributed by atoms with Crippen LogP contribution in [0.5, 0.6) is 0 Å². The van der Waals surface area contributed by atoms with E-state index in [-0.39, 0.29) is 39.7 Å². The van der Waals surface area contributed by atoms with Crippen LogP contribution >= 0.6 is 23.4 Å². The summed E-state index contributed by atoms with van der Waals surface area (Å²) in [5, 5.41) is 14.5. The van der Waals surface area contributed by atoms with Gasteiger partial charge in [-0.15, -0.1) is 0 Å². The molecule has 1 N–H and O–H groups in total. The van der Waals surface area contributed by atoms with E-state index in [2.05, 4.69) is 10.3 Å². The molecule has 10 heteroatoms.